The number of anilines is 1. The normalized spacial score (nSPS) is 16.5. The van der Waals surface area contributed by atoms with Crippen molar-refractivity contribution >= 4 is 17.5 Å². The number of amides is 2. The standard InChI is InChI=1S/C23H27N3O5/c1-2-16-3-6-18(7-4-16)25-23(28)22(27)24-14-19(26-9-11-29-12-10-26)17-5-8-20-21(13-17)31-15-30-20/h3-8,13,19H,2,9-12,14-15H2,1H3,(H,24,27)(H,25,28)/t19-/m0/s1. The molecule has 0 aromatic heterocycles. The van der Waals surface area contributed by atoms with Crippen LogP contribution in [0.3, 0.4) is 0 Å². The molecule has 0 radical (unpaired) electrons. The smallest absolute Gasteiger partial charge is 0.313 e. The first-order chi connectivity index (χ1) is 15.1. The molecule has 2 aliphatic rings. The number of hydrogen-bond acceptors (Lipinski definition) is 6. The van der Waals surface area contributed by atoms with Crippen LogP contribution < -0.4 is 20.1 Å². The van der Waals surface area contributed by atoms with Gasteiger partial charge in [-0.25, -0.2) is 0 Å². The van der Waals surface area contributed by atoms with Crippen LogP contribution in [0.5, 0.6) is 11.5 Å². The summed E-state index contributed by atoms with van der Waals surface area (Å²) in [5.74, 6) is 0.0478. The molecule has 2 heterocycles. The molecule has 0 unspecified atom stereocenters. The van der Waals surface area contributed by atoms with Gasteiger partial charge in [0.1, 0.15) is 0 Å². The van der Waals surface area contributed by atoms with Crippen molar-refractivity contribution in [3.63, 3.8) is 0 Å². The second kappa shape index (κ2) is 9.80. The number of carbonyl (C=O) groups is 2. The second-order valence-corrected chi connectivity index (χ2v) is 7.49. The lowest BCUT2D eigenvalue weighted by atomic mass is 10.0. The Balaban J connectivity index is 1.41. The molecule has 0 aliphatic carbocycles. The van der Waals surface area contributed by atoms with Gasteiger partial charge in [-0.2, -0.15) is 0 Å². The fourth-order valence-electron chi connectivity index (χ4n) is 3.75. The largest absolute Gasteiger partial charge is 0.454 e. The van der Waals surface area contributed by atoms with Crippen molar-refractivity contribution < 1.29 is 23.8 Å². The molecule has 2 aromatic carbocycles. The monoisotopic (exact) mass is 425 g/mol. The minimum Gasteiger partial charge on any atom is -0.454 e. The number of fused-ring (bicyclic) bond motifs is 1. The Morgan fingerprint density at radius 2 is 1.74 bits per heavy atom. The first-order valence-corrected chi connectivity index (χ1v) is 10.5. The van der Waals surface area contributed by atoms with Crippen LogP contribution in [-0.4, -0.2) is 56.4 Å². The van der Waals surface area contributed by atoms with E-state index in [1.807, 2.05) is 30.3 Å². The van der Waals surface area contributed by atoms with Crippen LogP contribution in [0.1, 0.15) is 24.1 Å². The number of ether oxygens (including phenoxy) is 3. The zero-order chi connectivity index (χ0) is 21.6. The van der Waals surface area contributed by atoms with Crippen molar-refractivity contribution in [1.29, 1.82) is 0 Å². The van der Waals surface area contributed by atoms with E-state index in [4.69, 9.17) is 14.2 Å². The quantitative estimate of drug-likeness (QED) is 0.689. The van der Waals surface area contributed by atoms with E-state index in [1.165, 1.54) is 5.56 Å². The summed E-state index contributed by atoms with van der Waals surface area (Å²) in [4.78, 5) is 27.1. The zero-order valence-corrected chi connectivity index (χ0v) is 17.6. The highest BCUT2D eigenvalue weighted by Crippen LogP contribution is 2.35. The Morgan fingerprint density at radius 1 is 1.00 bits per heavy atom. The van der Waals surface area contributed by atoms with Crippen LogP contribution in [0.15, 0.2) is 42.5 Å². The number of morpholine rings is 1. The Bertz CT molecular complexity index is 925. The molecule has 0 saturated carbocycles. The van der Waals surface area contributed by atoms with E-state index in [0.29, 0.717) is 36.9 Å². The van der Waals surface area contributed by atoms with Crippen molar-refractivity contribution in [2.75, 3.05) is 45.0 Å². The summed E-state index contributed by atoms with van der Waals surface area (Å²) in [6.07, 6.45) is 0.914. The van der Waals surface area contributed by atoms with Crippen LogP contribution >= 0.6 is 0 Å². The number of carbonyl (C=O) groups excluding carboxylic acids is 2. The molecule has 2 aliphatic heterocycles. The Labute approximate surface area is 181 Å². The third-order valence-electron chi connectivity index (χ3n) is 5.55. The molecule has 0 bridgehead atoms. The van der Waals surface area contributed by atoms with Gasteiger partial charge in [-0.3, -0.25) is 14.5 Å². The Hall–Kier alpha value is -3.10. The summed E-state index contributed by atoms with van der Waals surface area (Å²) in [5.41, 5.74) is 2.75. The van der Waals surface area contributed by atoms with Gasteiger partial charge in [0.25, 0.3) is 0 Å². The predicted octanol–water partition coefficient (Wildman–Crippen LogP) is 2.11. The van der Waals surface area contributed by atoms with Gasteiger partial charge >= 0.3 is 11.8 Å². The maximum absolute atomic E-state index is 12.5. The summed E-state index contributed by atoms with van der Waals surface area (Å²) in [6, 6.07) is 13.1. The number of hydrogen-bond donors (Lipinski definition) is 2. The van der Waals surface area contributed by atoms with Crippen LogP contribution in [0.2, 0.25) is 0 Å². The SMILES string of the molecule is CCc1ccc(NC(=O)C(=O)NC[C@@H](c2ccc3c(c2)OCO3)N2CCOCC2)cc1. The van der Waals surface area contributed by atoms with E-state index in [9.17, 15) is 9.59 Å². The number of benzene rings is 2. The van der Waals surface area contributed by atoms with Gasteiger partial charge in [-0.15, -0.1) is 0 Å². The number of nitrogens with zero attached hydrogens (tertiary/aromatic N) is 1. The van der Waals surface area contributed by atoms with Gasteiger partial charge < -0.3 is 24.8 Å². The maximum atomic E-state index is 12.5. The second-order valence-electron chi connectivity index (χ2n) is 7.49. The van der Waals surface area contributed by atoms with Crippen LogP contribution in [0, 0.1) is 0 Å². The fraction of sp³-hybridized carbons (Fsp3) is 0.391. The third-order valence-corrected chi connectivity index (χ3v) is 5.55. The molecule has 1 atom stereocenters. The fourth-order valence-corrected chi connectivity index (χ4v) is 3.75. The maximum Gasteiger partial charge on any atom is 0.313 e. The molecule has 0 spiro atoms. The minimum atomic E-state index is -0.685. The Morgan fingerprint density at radius 3 is 2.48 bits per heavy atom. The Kier molecular flexibility index (Phi) is 6.69. The summed E-state index contributed by atoms with van der Waals surface area (Å²) in [5, 5.41) is 5.43. The summed E-state index contributed by atoms with van der Waals surface area (Å²) >= 11 is 0. The lowest BCUT2D eigenvalue weighted by molar-refractivity contribution is -0.136. The molecule has 164 valence electrons. The molecule has 2 aromatic rings. The van der Waals surface area contributed by atoms with Crippen molar-refractivity contribution in [1.82, 2.24) is 10.2 Å². The van der Waals surface area contributed by atoms with Gasteiger partial charge in [0, 0.05) is 25.3 Å². The lowest BCUT2D eigenvalue weighted by Crippen LogP contribution is -2.45. The predicted molar refractivity (Wildman–Crippen MR) is 115 cm³/mol. The zero-order valence-electron chi connectivity index (χ0n) is 17.6. The van der Waals surface area contributed by atoms with E-state index < -0.39 is 11.8 Å². The highest BCUT2D eigenvalue weighted by molar-refractivity contribution is 6.39. The summed E-state index contributed by atoms with van der Waals surface area (Å²) in [7, 11) is 0. The van der Waals surface area contributed by atoms with E-state index in [-0.39, 0.29) is 12.8 Å². The van der Waals surface area contributed by atoms with E-state index in [1.54, 1.807) is 12.1 Å². The summed E-state index contributed by atoms with van der Waals surface area (Å²) in [6.45, 7) is 5.30. The van der Waals surface area contributed by atoms with Gasteiger partial charge in [-0.1, -0.05) is 25.1 Å². The van der Waals surface area contributed by atoms with E-state index >= 15 is 0 Å². The average Bonchev–Trinajstić information content (AvgIpc) is 3.28. The minimum absolute atomic E-state index is 0.112. The molecule has 1 fully saturated rings. The first kappa shape index (κ1) is 21.1. The molecule has 8 heteroatoms. The molecule has 31 heavy (non-hydrogen) atoms. The summed E-state index contributed by atoms with van der Waals surface area (Å²) < 4.78 is 16.4. The van der Waals surface area contributed by atoms with Crippen LogP contribution in [0.4, 0.5) is 5.69 Å². The topological polar surface area (TPSA) is 89.1 Å². The van der Waals surface area contributed by atoms with Crippen molar-refractivity contribution in [3.8, 4) is 11.5 Å². The van der Waals surface area contributed by atoms with Gasteiger partial charge in [0.15, 0.2) is 11.5 Å². The molecule has 4 rings (SSSR count). The highest BCUT2D eigenvalue weighted by atomic mass is 16.7. The molecule has 2 N–H and O–H groups in total. The van der Waals surface area contributed by atoms with Crippen LogP contribution in [-0.2, 0) is 20.7 Å². The van der Waals surface area contributed by atoms with Crippen LogP contribution in [0.25, 0.3) is 0 Å². The van der Waals surface area contributed by atoms with Crippen molar-refractivity contribution in [3.05, 3.63) is 53.6 Å². The molecular formula is C23H27N3O5. The highest BCUT2D eigenvalue weighted by Gasteiger charge is 2.26. The number of rotatable bonds is 6. The van der Waals surface area contributed by atoms with E-state index in [0.717, 1.165) is 25.1 Å². The van der Waals surface area contributed by atoms with E-state index in [2.05, 4.69) is 22.5 Å². The number of aryl methyl sites for hydroxylation is 1. The molecule has 2 amide bonds. The van der Waals surface area contributed by atoms with Gasteiger partial charge in [-0.05, 0) is 41.8 Å². The molecule has 8 nitrogen and oxygen atoms in total. The molecule has 1 saturated heterocycles. The first-order valence-electron chi connectivity index (χ1n) is 10.5. The average molecular weight is 425 g/mol. The third kappa shape index (κ3) is 5.15. The number of nitrogens with one attached hydrogen (secondary N) is 2. The van der Waals surface area contributed by atoms with Crippen molar-refractivity contribution in [2.45, 2.75) is 19.4 Å². The van der Waals surface area contributed by atoms with Gasteiger partial charge in [0.2, 0.25) is 6.79 Å². The van der Waals surface area contributed by atoms with Crippen molar-refractivity contribution in [2.24, 2.45) is 0 Å². The lowest BCUT2D eigenvalue weighted by Gasteiger charge is -2.34. The van der Waals surface area contributed by atoms with Gasteiger partial charge in [0.05, 0.1) is 19.3 Å². The molecular weight excluding hydrogens is 398 g/mol.